The first-order valence-electron chi connectivity index (χ1n) is 6.86. The number of benzene rings is 2. The largest absolute Gasteiger partial charge is 0.496 e. The van der Waals surface area contributed by atoms with Gasteiger partial charge < -0.3 is 19.7 Å². The maximum atomic E-state index is 12.5. The van der Waals surface area contributed by atoms with E-state index in [0.29, 0.717) is 22.7 Å². The van der Waals surface area contributed by atoms with E-state index in [9.17, 15) is 4.79 Å². The summed E-state index contributed by atoms with van der Waals surface area (Å²) >= 11 is 0. The first-order chi connectivity index (χ1) is 10.6. The van der Waals surface area contributed by atoms with Gasteiger partial charge in [-0.15, -0.1) is 0 Å². The number of anilines is 2. The molecule has 2 rings (SSSR count). The van der Waals surface area contributed by atoms with E-state index in [1.165, 1.54) is 14.2 Å². The van der Waals surface area contributed by atoms with Gasteiger partial charge in [0.05, 0.1) is 14.2 Å². The molecule has 5 heteroatoms. The Labute approximate surface area is 130 Å². The SMILES string of the molecule is COc1cccc(OC)c1C(=O)Nc1ccc(N(C)C)cc1. The van der Waals surface area contributed by atoms with Crippen molar-refractivity contribution in [2.45, 2.75) is 0 Å². The van der Waals surface area contributed by atoms with Gasteiger partial charge in [0.2, 0.25) is 0 Å². The van der Waals surface area contributed by atoms with Gasteiger partial charge in [0, 0.05) is 25.5 Å². The van der Waals surface area contributed by atoms with Crippen molar-refractivity contribution in [1.29, 1.82) is 0 Å². The molecule has 22 heavy (non-hydrogen) atoms. The fraction of sp³-hybridized carbons (Fsp3) is 0.235. The number of nitrogens with zero attached hydrogens (tertiary/aromatic N) is 1. The molecule has 0 atom stereocenters. The van der Waals surface area contributed by atoms with Crippen molar-refractivity contribution < 1.29 is 14.3 Å². The highest BCUT2D eigenvalue weighted by atomic mass is 16.5. The zero-order valence-electron chi connectivity index (χ0n) is 13.2. The van der Waals surface area contributed by atoms with Crippen LogP contribution < -0.4 is 19.7 Å². The Bertz CT molecular complexity index is 629. The van der Waals surface area contributed by atoms with Gasteiger partial charge in [-0.3, -0.25) is 4.79 Å². The molecule has 1 N–H and O–H groups in total. The number of nitrogens with one attached hydrogen (secondary N) is 1. The van der Waals surface area contributed by atoms with Gasteiger partial charge in [-0.05, 0) is 36.4 Å². The average Bonchev–Trinajstić information content (AvgIpc) is 2.54. The van der Waals surface area contributed by atoms with Crippen LogP contribution in [0.15, 0.2) is 42.5 Å². The molecule has 0 aliphatic rings. The molecular formula is C17H20N2O3. The third kappa shape index (κ3) is 3.31. The van der Waals surface area contributed by atoms with Crippen molar-refractivity contribution in [2.24, 2.45) is 0 Å². The topological polar surface area (TPSA) is 50.8 Å². The van der Waals surface area contributed by atoms with Crippen molar-refractivity contribution in [3.63, 3.8) is 0 Å². The Morgan fingerprint density at radius 2 is 1.50 bits per heavy atom. The summed E-state index contributed by atoms with van der Waals surface area (Å²) in [5.74, 6) is 0.676. The van der Waals surface area contributed by atoms with Crippen LogP contribution in [0.1, 0.15) is 10.4 Å². The minimum absolute atomic E-state index is 0.271. The predicted octanol–water partition coefficient (Wildman–Crippen LogP) is 3.02. The van der Waals surface area contributed by atoms with E-state index in [-0.39, 0.29) is 5.91 Å². The van der Waals surface area contributed by atoms with Gasteiger partial charge >= 0.3 is 0 Å². The van der Waals surface area contributed by atoms with E-state index in [1.54, 1.807) is 18.2 Å². The minimum Gasteiger partial charge on any atom is -0.496 e. The van der Waals surface area contributed by atoms with Crippen LogP contribution in [-0.4, -0.2) is 34.2 Å². The molecular weight excluding hydrogens is 280 g/mol. The van der Waals surface area contributed by atoms with E-state index in [2.05, 4.69) is 5.32 Å². The third-order valence-corrected chi connectivity index (χ3v) is 3.30. The Morgan fingerprint density at radius 3 is 1.95 bits per heavy atom. The summed E-state index contributed by atoms with van der Waals surface area (Å²) in [7, 11) is 6.98. The molecule has 2 aromatic rings. The highest BCUT2D eigenvalue weighted by molar-refractivity contribution is 6.08. The standard InChI is InChI=1S/C17H20N2O3/c1-19(2)13-10-8-12(9-11-13)18-17(20)16-14(21-3)6-5-7-15(16)22-4/h5-11H,1-4H3,(H,18,20). The molecule has 0 aliphatic heterocycles. The summed E-state index contributed by atoms with van der Waals surface area (Å²) in [6, 6.07) is 12.8. The molecule has 0 bridgehead atoms. The molecule has 2 aromatic carbocycles. The molecule has 0 spiro atoms. The Kier molecular flexibility index (Phi) is 4.88. The van der Waals surface area contributed by atoms with E-state index in [0.717, 1.165) is 5.69 Å². The van der Waals surface area contributed by atoms with Crippen molar-refractivity contribution in [3.8, 4) is 11.5 Å². The third-order valence-electron chi connectivity index (χ3n) is 3.30. The molecule has 0 unspecified atom stereocenters. The number of hydrogen-bond acceptors (Lipinski definition) is 4. The molecule has 116 valence electrons. The van der Waals surface area contributed by atoms with Crippen molar-refractivity contribution in [2.75, 3.05) is 38.5 Å². The molecule has 0 saturated heterocycles. The fourth-order valence-electron chi connectivity index (χ4n) is 2.11. The number of rotatable bonds is 5. The normalized spacial score (nSPS) is 10.0. The summed E-state index contributed by atoms with van der Waals surface area (Å²) in [5.41, 5.74) is 2.15. The number of ether oxygens (including phenoxy) is 2. The molecule has 5 nitrogen and oxygen atoms in total. The lowest BCUT2D eigenvalue weighted by Gasteiger charge is -2.15. The molecule has 0 aromatic heterocycles. The molecule has 0 heterocycles. The molecule has 0 fully saturated rings. The fourth-order valence-corrected chi connectivity index (χ4v) is 2.11. The van der Waals surface area contributed by atoms with Crippen molar-refractivity contribution in [3.05, 3.63) is 48.0 Å². The van der Waals surface area contributed by atoms with Crippen LogP contribution in [0, 0.1) is 0 Å². The highest BCUT2D eigenvalue weighted by Crippen LogP contribution is 2.29. The van der Waals surface area contributed by atoms with Crippen LogP contribution in [0.25, 0.3) is 0 Å². The molecule has 0 radical (unpaired) electrons. The average molecular weight is 300 g/mol. The monoisotopic (exact) mass is 300 g/mol. The smallest absolute Gasteiger partial charge is 0.263 e. The number of carbonyl (C=O) groups is 1. The number of hydrogen-bond donors (Lipinski definition) is 1. The quantitative estimate of drug-likeness (QED) is 0.922. The van der Waals surface area contributed by atoms with Gasteiger partial charge in [0.1, 0.15) is 17.1 Å². The molecule has 1 amide bonds. The van der Waals surface area contributed by atoms with Crippen LogP contribution in [0.2, 0.25) is 0 Å². The summed E-state index contributed by atoms with van der Waals surface area (Å²) in [6.07, 6.45) is 0. The number of amides is 1. The second kappa shape index (κ2) is 6.85. The van der Waals surface area contributed by atoms with Crippen LogP contribution >= 0.6 is 0 Å². The maximum absolute atomic E-state index is 12.5. The summed E-state index contributed by atoms with van der Waals surface area (Å²) in [5, 5.41) is 2.86. The van der Waals surface area contributed by atoms with Gasteiger partial charge in [-0.2, -0.15) is 0 Å². The van der Waals surface area contributed by atoms with E-state index >= 15 is 0 Å². The maximum Gasteiger partial charge on any atom is 0.263 e. The van der Waals surface area contributed by atoms with Crippen LogP contribution in [0.4, 0.5) is 11.4 Å². The Balaban J connectivity index is 2.25. The van der Waals surface area contributed by atoms with Crippen molar-refractivity contribution >= 4 is 17.3 Å². The zero-order chi connectivity index (χ0) is 16.1. The lowest BCUT2D eigenvalue weighted by Crippen LogP contribution is -2.15. The first kappa shape index (κ1) is 15.7. The zero-order valence-corrected chi connectivity index (χ0v) is 13.2. The van der Waals surface area contributed by atoms with Crippen LogP contribution in [0.3, 0.4) is 0 Å². The second-order valence-corrected chi connectivity index (χ2v) is 4.93. The van der Waals surface area contributed by atoms with E-state index in [4.69, 9.17) is 9.47 Å². The van der Waals surface area contributed by atoms with E-state index < -0.39 is 0 Å². The minimum atomic E-state index is -0.271. The number of carbonyl (C=O) groups excluding carboxylic acids is 1. The lowest BCUT2D eigenvalue weighted by atomic mass is 10.1. The predicted molar refractivity (Wildman–Crippen MR) is 88.3 cm³/mol. The van der Waals surface area contributed by atoms with Crippen molar-refractivity contribution in [1.82, 2.24) is 0 Å². The molecule has 0 saturated carbocycles. The summed E-state index contributed by atoms with van der Waals surface area (Å²) < 4.78 is 10.5. The van der Waals surface area contributed by atoms with Crippen LogP contribution in [-0.2, 0) is 0 Å². The Morgan fingerprint density at radius 1 is 0.955 bits per heavy atom. The van der Waals surface area contributed by atoms with Gasteiger partial charge in [0.15, 0.2) is 0 Å². The summed E-state index contributed by atoms with van der Waals surface area (Å²) in [6.45, 7) is 0. The summed E-state index contributed by atoms with van der Waals surface area (Å²) in [4.78, 5) is 14.5. The second-order valence-electron chi connectivity index (χ2n) is 4.93. The highest BCUT2D eigenvalue weighted by Gasteiger charge is 2.18. The molecule has 0 aliphatic carbocycles. The van der Waals surface area contributed by atoms with Gasteiger partial charge in [0.25, 0.3) is 5.91 Å². The lowest BCUT2D eigenvalue weighted by molar-refractivity contribution is 0.102. The first-order valence-corrected chi connectivity index (χ1v) is 6.86. The van der Waals surface area contributed by atoms with Gasteiger partial charge in [-0.25, -0.2) is 0 Å². The van der Waals surface area contributed by atoms with Gasteiger partial charge in [-0.1, -0.05) is 6.07 Å². The Hall–Kier alpha value is -2.69. The van der Waals surface area contributed by atoms with Crippen LogP contribution in [0.5, 0.6) is 11.5 Å². The van der Waals surface area contributed by atoms with E-state index in [1.807, 2.05) is 43.3 Å². The number of methoxy groups -OCH3 is 2.